The number of aliphatic hydroxyl groups is 1. The van der Waals surface area contributed by atoms with Crippen molar-refractivity contribution in [1.82, 2.24) is 9.80 Å². The SMILES string of the molecule is CC1CCCC(CO)N1CC(=O)N(C(C)C)C1CCCC1. The first-order chi connectivity index (χ1) is 10.0. The predicted molar refractivity (Wildman–Crippen MR) is 85.1 cm³/mol. The van der Waals surface area contributed by atoms with Crippen molar-refractivity contribution in [2.24, 2.45) is 0 Å². The number of carbonyl (C=O) groups excluding carboxylic acids is 1. The van der Waals surface area contributed by atoms with Gasteiger partial charge in [-0.1, -0.05) is 19.3 Å². The van der Waals surface area contributed by atoms with Crippen LogP contribution in [0.3, 0.4) is 0 Å². The molecule has 4 heteroatoms. The Morgan fingerprint density at radius 1 is 1.19 bits per heavy atom. The van der Waals surface area contributed by atoms with E-state index in [4.69, 9.17) is 0 Å². The van der Waals surface area contributed by atoms with E-state index >= 15 is 0 Å². The average Bonchev–Trinajstić information content (AvgIpc) is 2.94. The molecule has 2 unspecified atom stereocenters. The molecule has 1 saturated heterocycles. The second-order valence-corrected chi connectivity index (χ2v) is 7.12. The van der Waals surface area contributed by atoms with Crippen molar-refractivity contribution >= 4 is 5.91 Å². The third kappa shape index (κ3) is 3.98. The molecule has 0 aromatic rings. The normalized spacial score (nSPS) is 28.2. The van der Waals surface area contributed by atoms with Crippen molar-refractivity contribution in [3.05, 3.63) is 0 Å². The number of hydrogen-bond donors (Lipinski definition) is 1. The number of amides is 1. The fourth-order valence-corrected chi connectivity index (χ4v) is 4.16. The van der Waals surface area contributed by atoms with E-state index in [-0.39, 0.29) is 24.6 Å². The monoisotopic (exact) mass is 296 g/mol. The van der Waals surface area contributed by atoms with Crippen molar-refractivity contribution in [2.45, 2.75) is 89.9 Å². The molecule has 2 rings (SSSR count). The van der Waals surface area contributed by atoms with E-state index in [1.807, 2.05) is 0 Å². The Morgan fingerprint density at radius 2 is 1.86 bits per heavy atom. The molecule has 1 heterocycles. The van der Waals surface area contributed by atoms with E-state index in [1.54, 1.807) is 0 Å². The molecule has 0 spiro atoms. The quantitative estimate of drug-likeness (QED) is 0.847. The summed E-state index contributed by atoms with van der Waals surface area (Å²) in [6.45, 7) is 7.08. The summed E-state index contributed by atoms with van der Waals surface area (Å²) in [5.41, 5.74) is 0. The summed E-state index contributed by atoms with van der Waals surface area (Å²) in [7, 11) is 0. The fraction of sp³-hybridized carbons (Fsp3) is 0.941. The standard InChI is InChI=1S/C17H32N2O2/c1-13(2)19(15-8-4-5-9-15)17(21)11-18-14(3)7-6-10-16(18)12-20/h13-16,20H,4-12H2,1-3H3. The van der Waals surface area contributed by atoms with Gasteiger partial charge in [-0.25, -0.2) is 0 Å². The Balaban J connectivity index is 2.02. The minimum atomic E-state index is 0.162. The zero-order valence-corrected chi connectivity index (χ0v) is 13.9. The van der Waals surface area contributed by atoms with Gasteiger partial charge in [0.05, 0.1) is 13.2 Å². The Kier molecular flexibility index (Phi) is 6.06. The van der Waals surface area contributed by atoms with Gasteiger partial charge < -0.3 is 10.0 Å². The number of aliphatic hydroxyl groups excluding tert-OH is 1. The van der Waals surface area contributed by atoms with Crippen LogP contribution in [0.4, 0.5) is 0 Å². The van der Waals surface area contributed by atoms with Crippen LogP contribution >= 0.6 is 0 Å². The highest BCUT2D eigenvalue weighted by Gasteiger charge is 2.33. The third-order valence-corrected chi connectivity index (χ3v) is 5.29. The van der Waals surface area contributed by atoms with Crippen LogP contribution in [0, 0.1) is 0 Å². The molecule has 0 aromatic heterocycles. The van der Waals surface area contributed by atoms with Crippen molar-refractivity contribution in [3.63, 3.8) is 0 Å². The van der Waals surface area contributed by atoms with E-state index in [0.29, 0.717) is 18.6 Å². The predicted octanol–water partition coefficient (Wildman–Crippen LogP) is 2.40. The number of piperidine rings is 1. The summed E-state index contributed by atoms with van der Waals surface area (Å²) in [6.07, 6.45) is 8.12. The molecule has 1 amide bonds. The topological polar surface area (TPSA) is 43.8 Å². The molecular formula is C17H32N2O2. The van der Waals surface area contributed by atoms with Crippen LogP contribution in [0.25, 0.3) is 0 Å². The van der Waals surface area contributed by atoms with Gasteiger partial charge in [-0.3, -0.25) is 9.69 Å². The number of hydrogen-bond acceptors (Lipinski definition) is 3. The van der Waals surface area contributed by atoms with Gasteiger partial charge in [0.1, 0.15) is 0 Å². The van der Waals surface area contributed by atoms with Crippen molar-refractivity contribution in [2.75, 3.05) is 13.2 Å². The highest BCUT2D eigenvalue weighted by atomic mass is 16.3. The van der Waals surface area contributed by atoms with Crippen LogP contribution in [0.15, 0.2) is 0 Å². The lowest BCUT2D eigenvalue weighted by molar-refractivity contribution is -0.138. The van der Waals surface area contributed by atoms with Gasteiger partial charge in [-0.2, -0.15) is 0 Å². The second kappa shape index (κ2) is 7.59. The lowest BCUT2D eigenvalue weighted by Crippen LogP contribution is -2.54. The Hall–Kier alpha value is -0.610. The zero-order valence-electron chi connectivity index (χ0n) is 13.9. The first kappa shape index (κ1) is 16.8. The first-order valence-electron chi connectivity index (χ1n) is 8.72. The van der Waals surface area contributed by atoms with Gasteiger partial charge >= 0.3 is 0 Å². The van der Waals surface area contributed by atoms with Crippen molar-refractivity contribution < 1.29 is 9.90 Å². The molecular weight excluding hydrogens is 264 g/mol. The van der Waals surface area contributed by atoms with Crippen LogP contribution in [0.5, 0.6) is 0 Å². The molecule has 0 aromatic carbocycles. The van der Waals surface area contributed by atoms with Gasteiger partial charge in [0.15, 0.2) is 0 Å². The summed E-state index contributed by atoms with van der Waals surface area (Å²) >= 11 is 0. The minimum absolute atomic E-state index is 0.162. The Morgan fingerprint density at radius 3 is 2.43 bits per heavy atom. The van der Waals surface area contributed by atoms with Gasteiger partial charge in [-0.15, -0.1) is 0 Å². The van der Waals surface area contributed by atoms with Crippen molar-refractivity contribution in [3.8, 4) is 0 Å². The smallest absolute Gasteiger partial charge is 0.237 e. The summed E-state index contributed by atoms with van der Waals surface area (Å²) in [6, 6.07) is 1.27. The molecule has 1 aliphatic carbocycles. The summed E-state index contributed by atoms with van der Waals surface area (Å²) < 4.78 is 0. The maximum atomic E-state index is 12.8. The van der Waals surface area contributed by atoms with Crippen LogP contribution in [0.1, 0.15) is 65.7 Å². The maximum absolute atomic E-state index is 12.8. The molecule has 0 radical (unpaired) electrons. The third-order valence-electron chi connectivity index (χ3n) is 5.29. The zero-order chi connectivity index (χ0) is 15.4. The molecule has 122 valence electrons. The highest BCUT2D eigenvalue weighted by molar-refractivity contribution is 5.79. The lowest BCUT2D eigenvalue weighted by atomic mass is 9.96. The van der Waals surface area contributed by atoms with E-state index < -0.39 is 0 Å². The number of carbonyl (C=O) groups is 1. The van der Waals surface area contributed by atoms with Crippen LogP contribution in [-0.2, 0) is 4.79 Å². The largest absolute Gasteiger partial charge is 0.395 e. The van der Waals surface area contributed by atoms with Gasteiger partial charge in [0.25, 0.3) is 0 Å². The number of nitrogens with zero attached hydrogens (tertiary/aromatic N) is 2. The van der Waals surface area contributed by atoms with Crippen LogP contribution < -0.4 is 0 Å². The van der Waals surface area contributed by atoms with Crippen LogP contribution in [-0.4, -0.2) is 58.1 Å². The molecule has 2 fully saturated rings. The lowest BCUT2D eigenvalue weighted by Gasteiger charge is -2.42. The van der Waals surface area contributed by atoms with Gasteiger partial charge in [0, 0.05) is 24.2 Å². The summed E-state index contributed by atoms with van der Waals surface area (Å²) in [5, 5.41) is 9.58. The summed E-state index contributed by atoms with van der Waals surface area (Å²) in [4.78, 5) is 17.2. The first-order valence-corrected chi connectivity index (χ1v) is 8.72. The van der Waals surface area contributed by atoms with Gasteiger partial charge in [-0.05, 0) is 46.5 Å². The van der Waals surface area contributed by atoms with E-state index in [1.165, 1.54) is 12.8 Å². The molecule has 0 bridgehead atoms. The highest BCUT2D eigenvalue weighted by Crippen LogP contribution is 2.27. The number of likely N-dealkylation sites (tertiary alicyclic amines) is 1. The van der Waals surface area contributed by atoms with Gasteiger partial charge in [0.2, 0.25) is 5.91 Å². The van der Waals surface area contributed by atoms with E-state index in [9.17, 15) is 9.90 Å². The minimum Gasteiger partial charge on any atom is -0.395 e. The molecule has 2 aliphatic rings. The second-order valence-electron chi connectivity index (χ2n) is 7.12. The molecule has 1 aliphatic heterocycles. The maximum Gasteiger partial charge on any atom is 0.237 e. The Bertz CT molecular complexity index is 340. The van der Waals surface area contributed by atoms with E-state index in [0.717, 1.165) is 32.1 Å². The average molecular weight is 296 g/mol. The molecule has 21 heavy (non-hydrogen) atoms. The van der Waals surface area contributed by atoms with Crippen LogP contribution in [0.2, 0.25) is 0 Å². The molecule has 1 N–H and O–H groups in total. The van der Waals surface area contributed by atoms with E-state index in [2.05, 4.69) is 30.6 Å². The summed E-state index contributed by atoms with van der Waals surface area (Å²) in [5.74, 6) is 0.254. The molecule has 4 nitrogen and oxygen atoms in total. The Labute approximate surface area is 129 Å². The molecule has 1 saturated carbocycles. The number of rotatable bonds is 5. The fourth-order valence-electron chi connectivity index (χ4n) is 4.16. The molecule has 2 atom stereocenters. The van der Waals surface area contributed by atoms with Crippen molar-refractivity contribution in [1.29, 1.82) is 0 Å².